The quantitative estimate of drug-likeness (QED) is 0.147. The van der Waals surface area contributed by atoms with E-state index in [1.165, 1.54) is 13.8 Å². The molecule has 0 radical (unpaired) electrons. The molecule has 2 rings (SSSR count). The Labute approximate surface area is 232 Å². The standard InChI is InChI=1S/C30H48O9/c1-8-23(33)20(4)28-24(38-28)17-29(6,35)14-9-10-18(2)27-19(3)11-12-25(37-21(5)31)30(7,36)15-13-22(32)16-26(34)39-27/h9-12,14,19-20,22-25,27-28,32-33,35-36H,8,13,15-17H2,1-7H3/b12-11-,14-9+,18-10+/t19-,20+,22+,23-,24-,25-,27+,28-,29-,30+/m0/s1. The number of rotatable bonds is 9. The molecule has 39 heavy (non-hydrogen) atoms. The van der Waals surface area contributed by atoms with Gasteiger partial charge in [-0.25, -0.2) is 0 Å². The first kappa shape index (κ1) is 33.2. The molecule has 2 aliphatic rings. The van der Waals surface area contributed by atoms with E-state index in [9.17, 15) is 30.0 Å². The molecular weight excluding hydrogens is 504 g/mol. The maximum absolute atomic E-state index is 12.6. The second-order valence-electron chi connectivity index (χ2n) is 11.7. The average Bonchev–Trinajstić information content (AvgIpc) is 3.59. The predicted octanol–water partition coefficient (Wildman–Crippen LogP) is 3.14. The summed E-state index contributed by atoms with van der Waals surface area (Å²) < 4.78 is 16.8. The summed E-state index contributed by atoms with van der Waals surface area (Å²) >= 11 is 0. The second kappa shape index (κ2) is 14.0. The van der Waals surface area contributed by atoms with Crippen molar-refractivity contribution in [3.63, 3.8) is 0 Å². The van der Waals surface area contributed by atoms with Crippen molar-refractivity contribution in [3.8, 4) is 0 Å². The van der Waals surface area contributed by atoms with Gasteiger partial charge in [-0.15, -0.1) is 0 Å². The van der Waals surface area contributed by atoms with E-state index in [1.807, 2.05) is 20.8 Å². The maximum atomic E-state index is 12.6. The summed E-state index contributed by atoms with van der Waals surface area (Å²) in [5.74, 6) is -1.46. The zero-order valence-electron chi connectivity index (χ0n) is 24.4. The molecule has 0 aromatic heterocycles. The highest BCUT2D eigenvalue weighted by molar-refractivity contribution is 5.70. The van der Waals surface area contributed by atoms with Crippen molar-refractivity contribution in [2.24, 2.45) is 11.8 Å². The van der Waals surface area contributed by atoms with Gasteiger partial charge in [-0.1, -0.05) is 45.1 Å². The third-order valence-electron chi connectivity index (χ3n) is 7.66. The zero-order valence-corrected chi connectivity index (χ0v) is 24.4. The van der Waals surface area contributed by atoms with Crippen LogP contribution in [0.2, 0.25) is 0 Å². The Balaban J connectivity index is 2.18. The first-order valence-electron chi connectivity index (χ1n) is 13.9. The lowest BCUT2D eigenvalue weighted by Crippen LogP contribution is -2.42. The van der Waals surface area contributed by atoms with Gasteiger partial charge in [0, 0.05) is 25.2 Å². The number of carbonyl (C=O) groups excluding carboxylic acids is 2. The van der Waals surface area contributed by atoms with Crippen molar-refractivity contribution in [1.29, 1.82) is 0 Å². The smallest absolute Gasteiger partial charge is 0.309 e. The van der Waals surface area contributed by atoms with Crippen LogP contribution in [0.3, 0.4) is 0 Å². The van der Waals surface area contributed by atoms with E-state index in [4.69, 9.17) is 14.2 Å². The highest BCUT2D eigenvalue weighted by atomic mass is 16.6. The minimum atomic E-state index is -1.43. The van der Waals surface area contributed by atoms with E-state index in [2.05, 4.69) is 0 Å². The van der Waals surface area contributed by atoms with Gasteiger partial charge < -0.3 is 34.6 Å². The third-order valence-corrected chi connectivity index (χ3v) is 7.66. The monoisotopic (exact) mass is 552 g/mol. The molecule has 0 saturated carbocycles. The molecule has 0 unspecified atom stereocenters. The first-order chi connectivity index (χ1) is 18.1. The first-order valence-corrected chi connectivity index (χ1v) is 13.9. The highest BCUT2D eigenvalue weighted by Crippen LogP contribution is 2.37. The zero-order chi connectivity index (χ0) is 29.5. The van der Waals surface area contributed by atoms with Crippen LogP contribution in [0.4, 0.5) is 0 Å². The van der Waals surface area contributed by atoms with E-state index in [-0.39, 0.29) is 43.3 Å². The van der Waals surface area contributed by atoms with Crippen molar-refractivity contribution >= 4 is 11.9 Å². The summed E-state index contributed by atoms with van der Waals surface area (Å²) in [6.07, 6.45) is 6.23. The number of hydrogen-bond acceptors (Lipinski definition) is 9. The number of aliphatic hydroxyl groups excluding tert-OH is 2. The highest BCUT2D eigenvalue weighted by Gasteiger charge is 2.47. The molecule has 0 spiro atoms. The minimum Gasteiger partial charge on any atom is -0.457 e. The molecule has 0 aromatic carbocycles. The van der Waals surface area contributed by atoms with Crippen LogP contribution >= 0.6 is 0 Å². The number of cyclic esters (lactones) is 1. The lowest BCUT2D eigenvalue weighted by atomic mass is 9.88. The Morgan fingerprint density at radius 3 is 2.62 bits per heavy atom. The van der Waals surface area contributed by atoms with E-state index in [1.54, 1.807) is 44.2 Å². The third kappa shape index (κ3) is 10.5. The van der Waals surface area contributed by atoms with Gasteiger partial charge >= 0.3 is 11.9 Å². The maximum Gasteiger partial charge on any atom is 0.309 e. The van der Waals surface area contributed by atoms with Crippen LogP contribution in [-0.2, 0) is 23.8 Å². The van der Waals surface area contributed by atoms with E-state index in [0.717, 1.165) is 0 Å². The van der Waals surface area contributed by atoms with Crippen molar-refractivity contribution in [1.82, 2.24) is 0 Å². The van der Waals surface area contributed by atoms with Crippen LogP contribution in [0.25, 0.3) is 0 Å². The Kier molecular flexibility index (Phi) is 11.9. The minimum absolute atomic E-state index is 0.00472. The van der Waals surface area contributed by atoms with Crippen molar-refractivity contribution in [3.05, 3.63) is 36.0 Å². The number of aliphatic hydroxyl groups is 4. The topological polar surface area (TPSA) is 146 Å². The van der Waals surface area contributed by atoms with Crippen LogP contribution in [-0.4, -0.2) is 80.2 Å². The summed E-state index contributed by atoms with van der Waals surface area (Å²) in [5, 5.41) is 42.2. The van der Waals surface area contributed by atoms with E-state index >= 15 is 0 Å². The van der Waals surface area contributed by atoms with Gasteiger partial charge in [-0.3, -0.25) is 9.59 Å². The number of epoxide rings is 1. The molecule has 2 aliphatic heterocycles. The molecule has 0 aliphatic carbocycles. The summed E-state index contributed by atoms with van der Waals surface area (Å²) in [6, 6.07) is 0. The lowest BCUT2D eigenvalue weighted by molar-refractivity contribution is -0.157. The molecule has 222 valence electrons. The van der Waals surface area contributed by atoms with Crippen molar-refractivity contribution in [2.45, 2.75) is 128 Å². The summed E-state index contributed by atoms with van der Waals surface area (Å²) in [6.45, 7) is 12.0. The summed E-state index contributed by atoms with van der Waals surface area (Å²) in [5.41, 5.74) is -1.87. The van der Waals surface area contributed by atoms with Crippen LogP contribution in [0.1, 0.15) is 80.6 Å². The molecular formula is C30H48O9. The number of allylic oxidation sites excluding steroid dienone is 2. The molecule has 0 aromatic rings. The Morgan fingerprint density at radius 1 is 1.33 bits per heavy atom. The van der Waals surface area contributed by atoms with Gasteiger partial charge in [0.05, 0.1) is 36.4 Å². The van der Waals surface area contributed by atoms with Crippen LogP contribution in [0.5, 0.6) is 0 Å². The fourth-order valence-corrected chi connectivity index (χ4v) is 4.98. The molecule has 4 N–H and O–H groups in total. The van der Waals surface area contributed by atoms with Crippen LogP contribution in [0.15, 0.2) is 36.0 Å². The summed E-state index contributed by atoms with van der Waals surface area (Å²) in [4.78, 5) is 24.3. The Morgan fingerprint density at radius 2 is 2.00 bits per heavy atom. The second-order valence-corrected chi connectivity index (χ2v) is 11.7. The Hall–Kier alpha value is -2.04. The van der Waals surface area contributed by atoms with Crippen LogP contribution in [0, 0.1) is 11.8 Å². The van der Waals surface area contributed by atoms with Gasteiger partial charge in [0.2, 0.25) is 0 Å². The average molecular weight is 553 g/mol. The molecule has 0 bridgehead atoms. The molecule has 9 heteroatoms. The van der Waals surface area contributed by atoms with E-state index < -0.39 is 47.6 Å². The molecule has 0 amide bonds. The molecule has 1 saturated heterocycles. The SMILES string of the molecule is CC[C@H](O)[C@@H](C)[C@@H]1O[C@H]1C[C@@](C)(O)/C=C/C=C(\C)[C@H]1OC(=O)C[C@H](O)CC[C@@](C)(O)[C@@H](OC(C)=O)/C=C\[C@@H]1C. The number of hydrogen-bond donors (Lipinski definition) is 4. The molecule has 2 heterocycles. The van der Waals surface area contributed by atoms with E-state index in [0.29, 0.717) is 18.4 Å². The lowest BCUT2D eigenvalue weighted by Gasteiger charge is -2.32. The van der Waals surface area contributed by atoms with Gasteiger partial charge in [0.25, 0.3) is 0 Å². The van der Waals surface area contributed by atoms with Gasteiger partial charge in [-0.2, -0.15) is 0 Å². The number of ether oxygens (including phenoxy) is 3. The number of carbonyl (C=O) groups is 2. The fraction of sp³-hybridized carbons (Fsp3) is 0.733. The van der Waals surface area contributed by atoms with Gasteiger partial charge in [0.15, 0.2) is 0 Å². The van der Waals surface area contributed by atoms with Gasteiger partial charge in [0.1, 0.15) is 17.8 Å². The number of esters is 2. The molecule has 9 nitrogen and oxygen atoms in total. The molecule has 1 fully saturated rings. The summed E-state index contributed by atoms with van der Waals surface area (Å²) in [7, 11) is 0. The largest absolute Gasteiger partial charge is 0.457 e. The predicted molar refractivity (Wildman–Crippen MR) is 146 cm³/mol. The van der Waals surface area contributed by atoms with Crippen LogP contribution < -0.4 is 0 Å². The van der Waals surface area contributed by atoms with Gasteiger partial charge in [-0.05, 0) is 51.7 Å². The van der Waals surface area contributed by atoms with Crippen molar-refractivity contribution < 1.29 is 44.2 Å². The fourth-order valence-electron chi connectivity index (χ4n) is 4.98. The molecule has 10 atom stereocenters. The normalized spacial score (nSPS) is 36.6. The van der Waals surface area contributed by atoms with Crippen molar-refractivity contribution in [2.75, 3.05) is 0 Å². The Bertz CT molecular complexity index is 919.